The predicted octanol–water partition coefficient (Wildman–Crippen LogP) is 4.58. The fraction of sp³-hybridized carbons (Fsp3) is 0.316. The monoisotopic (exact) mass is 419 g/mol. The summed E-state index contributed by atoms with van der Waals surface area (Å²) in [6.07, 6.45) is 1.93. The number of benzene rings is 2. The van der Waals surface area contributed by atoms with Crippen molar-refractivity contribution in [2.75, 3.05) is 13.1 Å². The quantitative estimate of drug-likeness (QED) is 0.673. The van der Waals surface area contributed by atoms with Gasteiger partial charge in [0, 0.05) is 35.2 Å². The van der Waals surface area contributed by atoms with Crippen LogP contribution in [0.5, 0.6) is 0 Å². The lowest BCUT2D eigenvalue weighted by Gasteiger charge is -2.32. The van der Waals surface area contributed by atoms with Crippen LogP contribution in [0, 0.1) is 0 Å². The maximum absolute atomic E-state index is 12.4. The first kappa shape index (κ1) is 16.9. The van der Waals surface area contributed by atoms with E-state index in [1.807, 2.05) is 41.0 Å². The van der Waals surface area contributed by atoms with E-state index in [-0.39, 0.29) is 11.7 Å². The van der Waals surface area contributed by atoms with E-state index in [1.54, 1.807) is 0 Å². The van der Waals surface area contributed by atoms with Crippen LogP contribution in [-0.2, 0) is 6.54 Å². The number of piperidine rings is 1. The van der Waals surface area contributed by atoms with Crippen molar-refractivity contribution in [3.8, 4) is 0 Å². The summed E-state index contributed by atoms with van der Waals surface area (Å²) >= 11 is 9.73. The number of aromatic nitrogens is 2. The summed E-state index contributed by atoms with van der Waals surface area (Å²) in [5, 5.41) is 0.822. The van der Waals surface area contributed by atoms with Crippen LogP contribution < -0.4 is 5.69 Å². The van der Waals surface area contributed by atoms with Crippen LogP contribution >= 0.6 is 27.5 Å². The van der Waals surface area contributed by atoms with Crippen LogP contribution in [0.15, 0.2) is 51.7 Å². The molecular formula is C19H19BrClN3O. The van der Waals surface area contributed by atoms with Crippen molar-refractivity contribution in [3.63, 3.8) is 0 Å². The Bertz CT molecular complexity index is 957. The molecule has 1 N–H and O–H groups in total. The average Bonchev–Trinajstić information content (AvgIpc) is 2.92. The number of hydrogen-bond acceptors (Lipinski definition) is 2. The Morgan fingerprint density at radius 1 is 1.16 bits per heavy atom. The third-order valence-corrected chi connectivity index (χ3v) is 5.81. The highest BCUT2D eigenvalue weighted by Gasteiger charge is 2.24. The molecule has 130 valence electrons. The lowest BCUT2D eigenvalue weighted by Crippen LogP contribution is -2.36. The molecule has 0 bridgehead atoms. The number of H-pyrrole nitrogens is 1. The molecule has 0 amide bonds. The maximum Gasteiger partial charge on any atom is 0.326 e. The van der Waals surface area contributed by atoms with E-state index in [2.05, 4.69) is 31.9 Å². The van der Waals surface area contributed by atoms with Crippen molar-refractivity contribution in [2.45, 2.75) is 25.4 Å². The van der Waals surface area contributed by atoms with Gasteiger partial charge in [0.05, 0.1) is 11.0 Å². The molecule has 1 aliphatic rings. The number of nitrogens with zero attached hydrogens (tertiary/aromatic N) is 2. The van der Waals surface area contributed by atoms with Gasteiger partial charge in [-0.3, -0.25) is 9.47 Å². The van der Waals surface area contributed by atoms with E-state index < -0.39 is 0 Å². The minimum absolute atomic E-state index is 0.0161. The topological polar surface area (TPSA) is 41.0 Å². The standard InChI is InChI=1S/C19H19BrClN3O/c20-14-5-6-18-17(11-14)22-19(25)24(18)15-7-9-23(10-8-15)12-13-3-1-2-4-16(13)21/h1-6,11,15H,7-10,12H2,(H,22,25). The summed E-state index contributed by atoms with van der Waals surface area (Å²) in [7, 11) is 0. The molecule has 4 nitrogen and oxygen atoms in total. The summed E-state index contributed by atoms with van der Waals surface area (Å²) in [5.41, 5.74) is 3.02. The normalized spacial score (nSPS) is 16.6. The summed E-state index contributed by atoms with van der Waals surface area (Å²) in [6.45, 7) is 2.79. The first-order valence-electron chi connectivity index (χ1n) is 8.47. The Labute approximate surface area is 159 Å². The number of hydrogen-bond donors (Lipinski definition) is 1. The number of aromatic amines is 1. The summed E-state index contributed by atoms with van der Waals surface area (Å²) in [5.74, 6) is 0. The highest BCUT2D eigenvalue weighted by molar-refractivity contribution is 9.10. The smallest absolute Gasteiger partial charge is 0.305 e. The molecule has 0 aliphatic carbocycles. The van der Waals surface area contributed by atoms with Crippen molar-refractivity contribution in [3.05, 3.63) is 68.0 Å². The van der Waals surface area contributed by atoms with Gasteiger partial charge in [0.1, 0.15) is 0 Å². The van der Waals surface area contributed by atoms with Crippen LogP contribution in [0.1, 0.15) is 24.4 Å². The highest BCUT2D eigenvalue weighted by Crippen LogP contribution is 2.27. The van der Waals surface area contributed by atoms with Crippen LogP contribution in [-0.4, -0.2) is 27.5 Å². The maximum atomic E-state index is 12.4. The van der Waals surface area contributed by atoms with Crippen LogP contribution in [0.25, 0.3) is 11.0 Å². The van der Waals surface area contributed by atoms with E-state index in [4.69, 9.17) is 11.6 Å². The fourth-order valence-corrected chi connectivity index (χ4v) is 4.23. The van der Waals surface area contributed by atoms with Crippen molar-refractivity contribution < 1.29 is 0 Å². The number of halogens is 2. The van der Waals surface area contributed by atoms with Gasteiger partial charge in [0.15, 0.2) is 0 Å². The van der Waals surface area contributed by atoms with Gasteiger partial charge in [-0.25, -0.2) is 4.79 Å². The van der Waals surface area contributed by atoms with E-state index in [0.29, 0.717) is 0 Å². The molecule has 0 unspecified atom stereocenters. The number of nitrogens with one attached hydrogen (secondary N) is 1. The molecule has 1 aromatic heterocycles. The van der Waals surface area contributed by atoms with E-state index >= 15 is 0 Å². The average molecular weight is 421 g/mol. The van der Waals surface area contributed by atoms with Crippen molar-refractivity contribution in [2.24, 2.45) is 0 Å². The molecule has 0 saturated carbocycles. The van der Waals surface area contributed by atoms with Gasteiger partial charge in [-0.05, 0) is 42.7 Å². The molecule has 1 aliphatic heterocycles. The number of imidazole rings is 1. The zero-order valence-electron chi connectivity index (χ0n) is 13.7. The minimum atomic E-state index is -0.0161. The first-order valence-corrected chi connectivity index (χ1v) is 9.64. The van der Waals surface area contributed by atoms with Gasteiger partial charge in [0.2, 0.25) is 0 Å². The lowest BCUT2D eigenvalue weighted by molar-refractivity contribution is 0.180. The molecule has 0 atom stereocenters. The number of rotatable bonds is 3. The summed E-state index contributed by atoms with van der Waals surface area (Å²) in [6, 6.07) is 14.2. The van der Waals surface area contributed by atoms with Crippen LogP contribution in [0.2, 0.25) is 5.02 Å². The Kier molecular flexibility index (Phi) is 4.71. The van der Waals surface area contributed by atoms with E-state index in [9.17, 15) is 4.79 Å². The Hall–Kier alpha value is -1.56. The molecule has 3 aromatic rings. The molecular weight excluding hydrogens is 402 g/mol. The third-order valence-electron chi connectivity index (χ3n) is 4.95. The molecule has 1 fully saturated rings. The summed E-state index contributed by atoms with van der Waals surface area (Å²) in [4.78, 5) is 17.8. The minimum Gasteiger partial charge on any atom is -0.305 e. The van der Waals surface area contributed by atoms with Gasteiger partial charge in [-0.1, -0.05) is 45.7 Å². The SMILES string of the molecule is O=c1[nH]c2cc(Br)ccc2n1C1CCN(Cc2ccccc2Cl)CC1. The first-order chi connectivity index (χ1) is 12.1. The van der Waals surface area contributed by atoms with Crippen molar-refractivity contribution in [1.82, 2.24) is 14.5 Å². The molecule has 0 spiro atoms. The van der Waals surface area contributed by atoms with E-state index in [1.165, 1.54) is 0 Å². The summed E-state index contributed by atoms with van der Waals surface area (Å²) < 4.78 is 2.90. The van der Waals surface area contributed by atoms with Crippen LogP contribution in [0.3, 0.4) is 0 Å². The largest absolute Gasteiger partial charge is 0.326 e. The zero-order valence-corrected chi connectivity index (χ0v) is 16.1. The number of fused-ring (bicyclic) bond motifs is 1. The molecule has 25 heavy (non-hydrogen) atoms. The molecule has 2 heterocycles. The van der Waals surface area contributed by atoms with Gasteiger partial charge < -0.3 is 4.98 Å². The van der Waals surface area contributed by atoms with Crippen molar-refractivity contribution in [1.29, 1.82) is 0 Å². The van der Waals surface area contributed by atoms with Crippen molar-refractivity contribution >= 4 is 38.6 Å². The zero-order chi connectivity index (χ0) is 17.4. The van der Waals surface area contributed by atoms with Gasteiger partial charge in [-0.2, -0.15) is 0 Å². The molecule has 4 rings (SSSR count). The van der Waals surface area contributed by atoms with Crippen LogP contribution in [0.4, 0.5) is 0 Å². The second-order valence-electron chi connectivity index (χ2n) is 6.56. The molecule has 2 aromatic carbocycles. The Morgan fingerprint density at radius 3 is 2.68 bits per heavy atom. The lowest BCUT2D eigenvalue weighted by atomic mass is 10.0. The fourth-order valence-electron chi connectivity index (χ4n) is 3.67. The predicted molar refractivity (Wildman–Crippen MR) is 105 cm³/mol. The van der Waals surface area contributed by atoms with Gasteiger partial charge >= 0.3 is 5.69 Å². The third kappa shape index (κ3) is 3.41. The Balaban J connectivity index is 1.50. The second kappa shape index (κ2) is 6.98. The molecule has 1 saturated heterocycles. The Morgan fingerprint density at radius 2 is 1.92 bits per heavy atom. The molecule has 6 heteroatoms. The van der Waals surface area contributed by atoms with Gasteiger partial charge in [-0.15, -0.1) is 0 Å². The van der Waals surface area contributed by atoms with E-state index in [0.717, 1.165) is 58.6 Å². The number of likely N-dealkylation sites (tertiary alicyclic amines) is 1. The van der Waals surface area contributed by atoms with Gasteiger partial charge in [0.25, 0.3) is 0 Å². The highest BCUT2D eigenvalue weighted by atomic mass is 79.9. The second-order valence-corrected chi connectivity index (χ2v) is 7.88. The molecule has 0 radical (unpaired) electrons.